The van der Waals surface area contributed by atoms with Crippen LogP contribution in [0.3, 0.4) is 0 Å². The number of carbonyl (C=O) groups excluding carboxylic acids is 1. The molecule has 1 amide bonds. The van der Waals surface area contributed by atoms with Gasteiger partial charge in [-0.2, -0.15) is 0 Å². The van der Waals surface area contributed by atoms with Crippen LogP contribution in [0.4, 0.5) is 5.69 Å². The Morgan fingerprint density at radius 1 is 1.14 bits per heavy atom. The summed E-state index contributed by atoms with van der Waals surface area (Å²) in [5, 5.41) is 11.9. The van der Waals surface area contributed by atoms with Crippen molar-refractivity contribution >= 4 is 23.4 Å². The Balaban J connectivity index is 1.56. The van der Waals surface area contributed by atoms with E-state index in [2.05, 4.69) is 15.5 Å². The summed E-state index contributed by atoms with van der Waals surface area (Å²) >= 11 is 1.32. The third kappa shape index (κ3) is 5.51. The minimum absolute atomic E-state index is 0.139. The quantitative estimate of drug-likeness (QED) is 0.568. The number of anilines is 1. The van der Waals surface area contributed by atoms with Crippen LogP contribution in [0.15, 0.2) is 47.6 Å². The zero-order chi connectivity index (χ0) is 20.8. The molecule has 152 valence electrons. The van der Waals surface area contributed by atoms with E-state index in [-0.39, 0.29) is 11.7 Å². The average molecular weight is 413 g/mol. The highest BCUT2D eigenvalue weighted by Gasteiger charge is 2.13. The number of amides is 1. The summed E-state index contributed by atoms with van der Waals surface area (Å²) in [5.41, 5.74) is 2.83. The number of nitrogens with zero attached hydrogens (tertiary/aromatic N) is 3. The molecule has 1 N–H and O–H groups in total. The van der Waals surface area contributed by atoms with E-state index in [9.17, 15) is 4.79 Å². The van der Waals surface area contributed by atoms with E-state index in [1.165, 1.54) is 11.8 Å². The van der Waals surface area contributed by atoms with Crippen molar-refractivity contribution in [1.29, 1.82) is 0 Å². The van der Waals surface area contributed by atoms with Crippen LogP contribution in [-0.2, 0) is 18.4 Å². The van der Waals surface area contributed by atoms with E-state index in [4.69, 9.17) is 9.47 Å². The third-order valence-corrected chi connectivity index (χ3v) is 5.26. The first-order chi connectivity index (χ1) is 14.0. The highest BCUT2D eigenvalue weighted by atomic mass is 32.2. The van der Waals surface area contributed by atoms with Gasteiger partial charge in [-0.15, -0.1) is 10.2 Å². The predicted octanol–water partition coefficient (Wildman–Crippen LogP) is 3.75. The van der Waals surface area contributed by atoms with Crippen LogP contribution in [0, 0.1) is 13.8 Å². The molecular formula is C21H24N4O3S. The molecule has 29 heavy (non-hydrogen) atoms. The van der Waals surface area contributed by atoms with Gasteiger partial charge in [-0.3, -0.25) is 4.79 Å². The largest absolute Gasteiger partial charge is 0.495 e. The smallest absolute Gasteiger partial charge is 0.234 e. The van der Waals surface area contributed by atoms with Gasteiger partial charge in [0.15, 0.2) is 11.0 Å². The summed E-state index contributed by atoms with van der Waals surface area (Å²) in [5.74, 6) is 2.17. The Kier molecular flexibility index (Phi) is 6.77. The van der Waals surface area contributed by atoms with Gasteiger partial charge in [-0.05, 0) is 49.2 Å². The molecule has 0 atom stereocenters. The van der Waals surface area contributed by atoms with E-state index >= 15 is 0 Å². The lowest BCUT2D eigenvalue weighted by molar-refractivity contribution is -0.113. The van der Waals surface area contributed by atoms with Crippen molar-refractivity contribution in [3.8, 4) is 11.5 Å². The molecule has 1 heterocycles. The van der Waals surface area contributed by atoms with Crippen molar-refractivity contribution in [3.63, 3.8) is 0 Å². The number of ether oxygens (including phenoxy) is 2. The topological polar surface area (TPSA) is 78.3 Å². The standard InChI is InChI=1S/C21H24N4O3S/c1-14-6-5-7-16(10-14)28-12-19-23-24-21(25(19)3)29-13-20(26)22-17-11-15(2)8-9-18(17)27-4/h5-11H,12-13H2,1-4H3,(H,22,26). The molecule has 0 aliphatic heterocycles. The Bertz CT molecular complexity index is 1000. The molecule has 0 bridgehead atoms. The van der Waals surface area contributed by atoms with Gasteiger partial charge in [0.05, 0.1) is 18.6 Å². The fourth-order valence-corrected chi connectivity index (χ4v) is 3.42. The molecule has 8 heteroatoms. The maximum atomic E-state index is 12.4. The number of carbonyl (C=O) groups is 1. The zero-order valence-corrected chi connectivity index (χ0v) is 17.7. The van der Waals surface area contributed by atoms with Gasteiger partial charge >= 0.3 is 0 Å². The molecule has 0 aliphatic carbocycles. The highest BCUT2D eigenvalue weighted by molar-refractivity contribution is 7.99. The van der Waals surface area contributed by atoms with Crippen molar-refractivity contribution in [2.45, 2.75) is 25.6 Å². The van der Waals surface area contributed by atoms with Crippen molar-refractivity contribution in [2.24, 2.45) is 7.05 Å². The summed E-state index contributed by atoms with van der Waals surface area (Å²) in [4.78, 5) is 12.4. The van der Waals surface area contributed by atoms with Gasteiger partial charge in [0, 0.05) is 7.05 Å². The minimum Gasteiger partial charge on any atom is -0.495 e. The fourth-order valence-electron chi connectivity index (χ4n) is 2.69. The first-order valence-corrected chi connectivity index (χ1v) is 10.1. The number of hydrogen-bond acceptors (Lipinski definition) is 6. The van der Waals surface area contributed by atoms with Crippen molar-refractivity contribution in [1.82, 2.24) is 14.8 Å². The molecule has 0 spiro atoms. The van der Waals surface area contributed by atoms with Gasteiger partial charge in [-0.1, -0.05) is 30.0 Å². The third-order valence-electron chi connectivity index (χ3n) is 4.24. The number of benzene rings is 2. The lowest BCUT2D eigenvalue weighted by atomic mass is 10.2. The Morgan fingerprint density at radius 2 is 1.93 bits per heavy atom. The van der Waals surface area contributed by atoms with Gasteiger partial charge in [0.2, 0.25) is 5.91 Å². The molecule has 3 aromatic rings. The molecular weight excluding hydrogens is 388 g/mol. The van der Waals surface area contributed by atoms with Gasteiger partial charge in [-0.25, -0.2) is 0 Å². The van der Waals surface area contributed by atoms with Crippen LogP contribution < -0.4 is 14.8 Å². The molecule has 0 saturated heterocycles. The maximum absolute atomic E-state index is 12.4. The van der Waals surface area contributed by atoms with Crippen LogP contribution in [0.1, 0.15) is 17.0 Å². The van der Waals surface area contributed by atoms with Gasteiger partial charge in [0.25, 0.3) is 0 Å². The Hall–Kier alpha value is -3.00. The minimum atomic E-state index is -0.139. The molecule has 3 rings (SSSR count). The zero-order valence-electron chi connectivity index (χ0n) is 16.9. The first-order valence-electron chi connectivity index (χ1n) is 9.11. The van der Waals surface area contributed by atoms with Gasteiger partial charge < -0.3 is 19.4 Å². The summed E-state index contributed by atoms with van der Waals surface area (Å²) in [6, 6.07) is 13.5. The second-order valence-corrected chi connectivity index (χ2v) is 7.55. The van der Waals surface area contributed by atoms with E-state index in [1.807, 2.05) is 67.9 Å². The number of thioether (sulfide) groups is 1. The van der Waals surface area contributed by atoms with Crippen molar-refractivity contribution < 1.29 is 14.3 Å². The second-order valence-electron chi connectivity index (χ2n) is 6.60. The Morgan fingerprint density at radius 3 is 2.69 bits per heavy atom. The summed E-state index contributed by atoms with van der Waals surface area (Å²) in [7, 11) is 3.44. The number of aromatic nitrogens is 3. The molecule has 1 aromatic heterocycles. The maximum Gasteiger partial charge on any atom is 0.234 e. The first kappa shape index (κ1) is 20.7. The lowest BCUT2D eigenvalue weighted by Crippen LogP contribution is -2.15. The second kappa shape index (κ2) is 9.47. The average Bonchev–Trinajstić information content (AvgIpc) is 3.05. The summed E-state index contributed by atoms with van der Waals surface area (Å²) in [6.45, 7) is 4.28. The number of rotatable bonds is 8. The number of aryl methyl sites for hydroxylation is 2. The lowest BCUT2D eigenvalue weighted by Gasteiger charge is -2.11. The monoisotopic (exact) mass is 412 g/mol. The number of nitrogens with one attached hydrogen (secondary N) is 1. The highest BCUT2D eigenvalue weighted by Crippen LogP contribution is 2.26. The summed E-state index contributed by atoms with van der Waals surface area (Å²) in [6.07, 6.45) is 0. The van der Waals surface area contributed by atoms with Crippen LogP contribution in [0.2, 0.25) is 0 Å². The van der Waals surface area contributed by atoms with Crippen LogP contribution >= 0.6 is 11.8 Å². The predicted molar refractivity (Wildman–Crippen MR) is 114 cm³/mol. The fraction of sp³-hybridized carbons (Fsp3) is 0.286. The van der Waals surface area contributed by atoms with E-state index in [0.717, 1.165) is 16.9 Å². The number of methoxy groups -OCH3 is 1. The van der Waals surface area contributed by atoms with Crippen molar-refractivity contribution in [2.75, 3.05) is 18.2 Å². The molecule has 7 nitrogen and oxygen atoms in total. The molecule has 2 aromatic carbocycles. The molecule has 0 saturated carbocycles. The van der Waals surface area contributed by atoms with E-state index < -0.39 is 0 Å². The Labute approximate surface area is 174 Å². The van der Waals surface area contributed by atoms with Crippen LogP contribution in [0.25, 0.3) is 0 Å². The van der Waals surface area contributed by atoms with E-state index in [0.29, 0.717) is 29.0 Å². The normalized spacial score (nSPS) is 10.6. The van der Waals surface area contributed by atoms with Crippen LogP contribution in [-0.4, -0.2) is 33.5 Å². The molecule has 0 unspecified atom stereocenters. The van der Waals surface area contributed by atoms with Crippen molar-refractivity contribution in [3.05, 3.63) is 59.4 Å². The van der Waals surface area contributed by atoms with E-state index in [1.54, 1.807) is 7.11 Å². The SMILES string of the molecule is COc1ccc(C)cc1NC(=O)CSc1nnc(COc2cccc(C)c2)n1C. The molecule has 0 aliphatic rings. The summed E-state index contributed by atoms with van der Waals surface area (Å²) < 4.78 is 12.9. The molecule has 0 radical (unpaired) electrons. The van der Waals surface area contributed by atoms with Crippen LogP contribution in [0.5, 0.6) is 11.5 Å². The molecule has 0 fully saturated rings. The number of hydrogen-bond donors (Lipinski definition) is 1. The van der Waals surface area contributed by atoms with Gasteiger partial charge in [0.1, 0.15) is 18.1 Å².